The van der Waals surface area contributed by atoms with Gasteiger partial charge in [0.05, 0.1) is 23.6 Å². The van der Waals surface area contributed by atoms with Crippen molar-refractivity contribution in [2.24, 2.45) is 0 Å². The first-order valence-electron chi connectivity index (χ1n) is 11.2. The van der Waals surface area contributed by atoms with Crippen molar-refractivity contribution in [3.63, 3.8) is 0 Å². The SMILES string of the molecule is CC(C)(C)OC(=O)n1ncc2ccc(NC(=O)C3NCCn4c(-c5ccccc5)cnc43)cc21. The molecule has 4 aromatic rings. The molecule has 0 saturated carbocycles. The van der Waals surface area contributed by atoms with Gasteiger partial charge in [-0.2, -0.15) is 9.78 Å². The summed E-state index contributed by atoms with van der Waals surface area (Å²) in [5.41, 5.74) is 2.50. The van der Waals surface area contributed by atoms with E-state index in [0.29, 0.717) is 23.6 Å². The molecule has 174 valence electrons. The second kappa shape index (κ2) is 8.42. The number of hydrogen-bond donors (Lipinski definition) is 2. The lowest BCUT2D eigenvalue weighted by molar-refractivity contribution is -0.118. The Morgan fingerprint density at radius 3 is 2.68 bits per heavy atom. The highest BCUT2D eigenvalue weighted by atomic mass is 16.6. The van der Waals surface area contributed by atoms with Crippen molar-refractivity contribution in [2.75, 3.05) is 11.9 Å². The smallest absolute Gasteiger partial charge is 0.435 e. The normalized spacial score (nSPS) is 15.7. The molecule has 1 amide bonds. The molecule has 9 heteroatoms. The number of imidazole rings is 1. The molecule has 2 aromatic heterocycles. The molecule has 0 radical (unpaired) electrons. The summed E-state index contributed by atoms with van der Waals surface area (Å²) in [6, 6.07) is 14.7. The van der Waals surface area contributed by atoms with E-state index < -0.39 is 17.7 Å². The van der Waals surface area contributed by atoms with Gasteiger partial charge < -0.3 is 14.6 Å². The van der Waals surface area contributed by atoms with Gasteiger partial charge in [-0.3, -0.25) is 10.1 Å². The quantitative estimate of drug-likeness (QED) is 0.482. The summed E-state index contributed by atoms with van der Waals surface area (Å²) in [6.07, 6.45) is 2.83. The van der Waals surface area contributed by atoms with E-state index in [1.54, 1.807) is 39.1 Å². The van der Waals surface area contributed by atoms with E-state index in [1.807, 2.05) is 42.6 Å². The second-order valence-corrected chi connectivity index (χ2v) is 9.21. The number of fused-ring (bicyclic) bond motifs is 2. The van der Waals surface area contributed by atoms with Gasteiger partial charge in [0.2, 0.25) is 5.91 Å². The molecule has 1 aliphatic heterocycles. The maximum atomic E-state index is 13.2. The average Bonchev–Trinajstić information content (AvgIpc) is 3.42. The third-order valence-electron chi connectivity index (χ3n) is 5.57. The van der Waals surface area contributed by atoms with Crippen molar-refractivity contribution in [2.45, 2.75) is 39.0 Å². The zero-order valence-corrected chi connectivity index (χ0v) is 19.3. The van der Waals surface area contributed by atoms with Crippen molar-refractivity contribution in [3.05, 3.63) is 66.7 Å². The van der Waals surface area contributed by atoms with Crippen LogP contribution >= 0.6 is 0 Å². The van der Waals surface area contributed by atoms with E-state index in [-0.39, 0.29) is 5.91 Å². The van der Waals surface area contributed by atoms with Gasteiger partial charge in [-0.15, -0.1) is 0 Å². The largest absolute Gasteiger partial charge is 0.442 e. The number of amides is 1. The molecular weight excluding hydrogens is 432 g/mol. The van der Waals surface area contributed by atoms with Crippen molar-refractivity contribution in [1.29, 1.82) is 0 Å². The summed E-state index contributed by atoms with van der Waals surface area (Å²) in [6.45, 7) is 6.77. The summed E-state index contributed by atoms with van der Waals surface area (Å²) in [4.78, 5) is 30.3. The van der Waals surface area contributed by atoms with Gasteiger partial charge >= 0.3 is 6.09 Å². The maximum absolute atomic E-state index is 13.2. The summed E-state index contributed by atoms with van der Waals surface area (Å²) < 4.78 is 8.72. The van der Waals surface area contributed by atoms with E-state index in [9.17, 15) is 9.59 Å². The number of anilines is 1. The highest BCUT2D eigenvalue weighted by molar-refractivity contribution is 5.98. The van der Waals surface area contributed by atoms with Crippen LogP contribution in [0.1, 0.15) is 32.6 Å². The molecule has 1 atom stereocenters. The Labute approximate surface area is 196 Å². The van der Waals surface area contributed by atoms with Crippen LogP contribution in [0.2, 0.25) is 0 Å². The lowest BCUT2D eigenvalue weighted by Crippen LogP contribution is -2.41. The third kappa shape index (κ3) is 4.17. The van der Waals surface area contributed by atoms with E-state index in [4.69, 9.17) is 4.74 Å². The molecule has 0 bridgehead atoms. The fraction of sp³-hybridized carbons (Fsp3) is 0.280. The number of aromatic nitrogens is 4. The van der Waals surface area contributed by atoms with Gasteiger partial charge in [-0.25, -0.2) is 9.78 Å². The molecule has 0 fully saturated rings. The Morgan fingerprint density at radius 1 is 1.12 bits per heavy atom. The predicted molar refractivity (Wildman–Crippen MR) is 128 cm³/mol. The van der Waals surface area contributed by atoms with Crippen LogP contribution in [-0.2, 0) is 16.1 Å². The Bertz CT molecular complexity index is 1370. The zero-order chi connectivity index (χ0) is 23.9. The topological polar surface area (TPSA) is 103 Å². The van der Waals surface area contributed by atoms with Crippen molar-refractivity contribution >= 4 is 28.6 Å². The Balaban J connectivity index is 1.39. The summed E-state index contributed by atoms with van der Waals surface area (Å²) >= 11 is 0. The molecule has 0 aliphatic carbocycles. The van der Waals surface area contributed by atoms with Crippen LogP contribution in [0.5, 0.6) is 0 Å². The first kappa shape index (κ1) is 21.8. The molecular formula is C25H26N6O3. The van der Waals surface area contributed by atoms with Gasteiger partial charge in [0.15, 0.2) is 0 Å². The van der Waals surface area contributed by atoms with E-state index in [1.165, 1.54) is 4.68 Å². The monoisotopic (exact) mass is 458 g/mol. The van der Waals surface area contributed by atoms with Crippen molar-refractivity contribution < 1.29 is 14.3 Å². The molecule has 1 aliphatic rings. The van der Waals surface area contributed by atoms with Crippen molar-refractivity contribution in [3.8, 4) is 11.3 Å². The van der Waals surface area contributed by atoms with Crippen LogP contribution in [0.25, 0.3) is 22.2 Å². The molecule has 9 nitrogen and oxygen atoms in total. The molecule has 1 unspecified atom stereocenters. The number of nitrogens with zero attached hydrogens (tertiary/aromatic N) is 4. The van der Waals surface area contributed by atoms with Crippen LogP contribution in [0.4, 0.5) is 10.5 Å². The average molecular weight is 459 g/mol. The van der Waals surface area contributed by atoms with Crippen LogP contribution in [0.15, 0.2) is 60.9 Å². The summed E-state index contributed by atoms with van der Waals surface area (Å²) in [5, 5.41) is 11.1. The summed E-state index contributed by atoms with van der Waals surface area (Å²) in [5.74, 6) is 0.441. The number of benzene rings is 2. The number of hydrogen-bond acceptors (Lipinski definition) is 6. The fourth-order valence-electron chi connectivity index (χ4n) is 4.08. The highest BCUT2D eigenvalue weighted by Gasteiger charge is 2.30. The zero-order valence-electron chi connectivity index (χ0n) is 19.3. The Morgan fingerprint density at radius 2 is 1.91 bits per heavy atom. The second-order valence-electron chi connectivity index (χ2n) is 9.21. The van der Waals surface area contributed by atoms with Crippen LogP contribution in [0.3, 0.4) is 0 Å². The highest BCUT2D eigenvalue weighted by Crippen LogP contribution is 2.27. The van der Waals surface area contributed by atoms with Gasteiger partial charge in [0.25, 0.3) is 0 Å². The van der Waals surface area contributed by atoms with Gasteiger partial charge in [0, 0.05) is 24.2 Å². The molecule has 3 heterocycles. The fourth-order valence-corrected chi connectivity index (χ4v) is 4.08. The first-order valence-corrected chi connectivity index (χ1v) is 11.2. The molecule has 0 spiro atoms. The van der Waals surface area contributed by atoms with E-state index in [2.05, 4.69) is 25.3 Å². The molecule has 2 aromatic carbocycles. The predicted octanol–water partition coefficient (Wildman–Crippen LogP) is 3.97. The maximum Gasteiger partial charge on any atom is 0.435 e. The lowest BCUT2D eigenvalue weighted by atomic mass is 10.1. The number of nitrogens with one attached hydrogen (secondary N) is 2. The van der Waals surface area contributed by atoms with E-state index in [0.717, 1.165) is 23.2 Å². The molecule has 5 rings (SSSR count). The van der Waals surface area contributed by atoms with Gasteiger partial charge in [-0.1, -0.05) is 30.3 Å². The van der Waals surface area contributed by atoms with Gasteiger partial charge in [0.1, 0.15) is 17.5 Å². The minimum absolute atomic E-state index is 0.228. The Hall–Kier alpha value is -3.98. The Kier molecular flexibility index (Phi) is 5.41. The third-order valence-corrected chi connectivity index (χ3v) is 5.57. The minimum atomic E-state index is -0.644. The number of carbonyl (C=O) groups is 2. The minimum Gasteiger partial charge on any atom is -0.442 e. The number of rotatable bonds is 3. The van der Waals surface area contributed by atoms with Crippen LogP contribution < -0.4 is 10.6 Å². The molecule has 2 N–H and O–H groups in total. The standard InChI is InChI=1S/C25H26N6O3/c1-25(2,3)34-24(33)31-19-13-18(10-9-17(19)14-28-31)29-23(32)21-22-27-15-20(30(22)12-11-26-21)16-7-5-4-6-8-16/h4-10,13-15,21,26H,11-12H2,1-3H3,(H,29,32). The van der Waals surface area contributed by atoms with Gasteiger partial charge in [-0.05, 0) is 44.5 Å². The van der Waals surface area contributed by atoms with Crippen molar-refractivity contribution in [1.82, 2.24) is 24.6 Å². The number of ether oxygens (including phenoxy) is 1. The first-order chi connectivity index (χ1) is 16.3. The molecule has 0 saturated heterocycles. The molecule has 34 heavy (non-hydrogen) atoms. The summed E-state index contributed by atoms with van der Waals surface area (Å²) in [7, 11) is 0. The lowest BCUT2D eigenvalue weighted by Gasteiger charge is -2.25. The van der Waals surface area contributed by atoms with E-state index >= 15 is 0 Å². The number of carbonyl (C=O) groups excluding carboxylic acids is 2. The van der Waals surface area contributed by atoms with Crippen LogP contribution in [0, 0.1) is 0 Å². The van der Waals surface area contributed by atoms with Crippen LogP contribution in [-0.4, -0.2) is 43.5 Å².